The first-order chi connectivity index (χ1) is 9.19. The molecular formula is C14H21N3O2. The maximum absolute atomic E-state index is 8.71. The Morgan fingerprint density at radius 1 is 1.58 bits per heavy atom. The molecule has 1 aliphatic carbocycles. The minimum Gasteiger partial charge on any atom is -0.496 e. The molecule has 1 aromatic carbocycles. The van der Waals surface area contributed by atoms with Gasteiger partial charge in [0.1, 0.15) is 5.75 Å². The summed E-state index contributed by atoms with van der Waals surface area (Å²) in [6.07, 6.45) is 2.51. The molecule has 4 N–H and O–H groups in total. The van der Waals surface area contributed by atoms with Gasteiger partial charge in [-0.25, -0.2) is 0 Å². The third-order valence-corrected chi connectivity index (χ3v) is 3.66. The SMILES string of the molecule is CCC1CC1NCc1ccc(/C(N)=N/O)c(OC)c1. The number of ether oxygens (including phenoxy) is 1. The van der Waals surface area contributed by atoms with Crippen molar-refractivity contribution in [1.29, 1.82) is 0 Å². The van der Waals surface area contributed by atoms with Crippen molar-refractivity contribution in [1.82, 2.24) is 5.32 Å². The molecule has 5 nitrogen and oxygen atoms in total. The Kier molecular flexibility index (Phi) is 4.27. The van der Waals surface area contributed by atoms with Gasteiger partial charge in [0.05, 0.1) is 12.7 Å². The van der Waals surface area contributed by atoms with Crippen molar-refractivity contribution < 1.29 is 9.94 Å². The van der Waals surface area contributed by atoms with Gasteiger partial charge in [-0.15, -0.1) is 0 Å². The second-order valence-corrected chi connectivity index (χ2v) is 4.91. The molecule has 0 aromatic heterocycles. The van der Waals surface area contributed by atoms with Crippen LogP contribution in [0.5, 0.6) is 5.75 Å². The molecule has 1 saturated carbocycles. The van der Waals surface area contributed by atoms with Gasteiger partial charge in [0, 0.05) is 12.6 Å². The molecule has 1 aromatic rings. The zero-order valence-corrected chi connectivity index (χ0v) is 11.4. The van der Waals surface area contributed by atoms with Crippen molar-refractivity contribution in [2.45, 2.75) is 32.4 Å². The molecule has 2 atom stereocenters. The highest BCUT2D eigenvalue weighted by Gasteiger charge is 2.34. The Morgan fingerprint density at radius 2 is 2.37 bits per heavy atom. The van der Waals surface area contributed by atoms with E-state index in [-0.39, 0.29) is 5.84 Å². The Labute approximate surface area is 113 Å². The van der Waals surface area contributed by atoms with E-state index in [1.54, 1.807) is 7.11 Å². The van der Waals surface area contributed by atoms with Gasteiger partial charge in [0.2, 0.25) is 0 Å². The van der Waals surface area contributed by atoms with E-state index in [1.165, 1.54) is 12.8 Å². The molecule has 0 amide bonds. The van der Waals surface area contributed by atoms with Crippen LogP contribution in [0, 0.1) is 5.92 Å². The fraction of sp³-hybridized carbons (Fsp3) is 0.500. The summed E-state index contributed by atoms with van der Waals surface area (Å²) in [5, 5.41) is 15.2. The van der Waals surface area contributed by atoms with Crippen LogP contribution in [0.15, 0.2) is 23.4 Å². The maximum atomic E-state index is 8.71. The van der Waals surface area contributed by atoms with E-state index in [4.69, 9.17) is 15.7 Å². The highest BCUT2D eigenvalue weighted by atomic mass is 16.5. The average molecular weight is 263 g/mol. The van der Waals surface area contributed by atoms with Gasteiger partial charge in [-0.3, -0.25) is 0 Å². The van der Waals surface area contributed by atoms with Crippen molar-refractivity contribution in [2.75, 3.05) is 7.11 Å². The highest BCUT2D eigenvalue weighted by molar-refractivity contribution is 5.99. The Hall–Kier alpha value is -1.75. The lowest BCUT2D eigenvalue weighted by atomic mass is 10.1. The topological polar surface area (TPSA) is 79.9 Å². The number of nitrogens with zero attached hydrogens (tertiary/aromatic N) is 1. The summed E-state index contributed by atoms with van der Waals surface area (Å²) >= 11 is 0. The van der Waals surface area contributed by atoms with E-state index in [2.05, 4.69) is 17.4 Å². The van der Waals surface area contributed by atoms with E-state index in [1.807, 2.05) is 18.2 Å². The van der Waals surface area contributed by atoms with Crippen LogP contribution in [0.4, 0.5) is 0 Å². The summed E-state index contributed by atoms with van der Waals surface area (Å²) < 4.78 is 5.27. The van der Waals surface area contributed by atoms with Gasteiger partial charge in [-0.2, -0.15) is 0 Å². The number of nitrogens with one attached hydrogen (secondary N) is 1. The van der Waals surface area contributed by atoms with Crippen molar-refractivity contribution >= 4 is 5.84 Å². The molecule has 1 fully saturated rings. The van der Waals surface area contributed by atoms with Crippen molar-refractivity contribution in [2.24, 2.45) is 16.8 Å². The molecular weight excluding hydrogens is 242 g/mol. The van der Waals surface area contributed by atoms with Gasteiger partial charge in [-0.1, -0.05) is 24.6 Å². The average Bonchev–Trinajstić information content (AvgIpc) is 3.22. The number of amidine groups is 1. The van der Waals surface area contributed by atoms with Crippen molar-refractivity contribution in [3.63, 3.8) is 0 Å². The number of rotatable bonds is 6. The third-order valence-electron chi connectivity index (χ3n) is 3.66. The lowest BCUT2D eigenvalue weighted by molar-refractivity contribution is 0.318. The molecule has 0 radical (unpaired) electrons. The van der Waals surface area contributed by atoms with Crippen molar-refractivity contribution in [3.05, 3.63) is 29.3 Å². The van der Waals surface area contributed by atoms with Crippen LogP contribution in [0.3, 0.4) is 0 Å². The van der Waals surface area contributed by atoms with Crippen LogP contribution in [-0.4, -0.2) is 24.2 Å². The smallest absolute Gasteiger partial charge is 0.173 e. The van der Waals surface area contributed by atoms with Crippen LogP contribution < -0.4 is 15.8 Å². The minimum atomic E-state index is 0.0598. The van der Waals surface area contributed by atoms with Crippen LogP contribution in [0.25, 0.3) is 0 Å². The first-order valence-corrected chi connectivity index (χ1v) is 6.57. The summed E-state index contributed by atoms with van der Waals surface area (Å²) in [5.41, 5.74) is 7.33. The molecule has 0 aliphatic heterocycles. The van der Waals surface area contributed by atoms with E-state index >= 15 is 0 Å². The molecule has 1 aliphatic rings. The summed E-state index contributed by atoms with van der Waals surface area (Å²) in [6, 6.07) is 6.35. The van der Waals surface area contributed by atoms with E-state index in [0.717, 1.165) is 18.0 Å². The van der Waals surface area contributed by atoms with Gasteiger partial charge in [0.15, 0.2) is 5.84 Å². The third kappa shape index (κ3) is 3.17. The zero-order valence-electron chi connectivity index (χ0n) is 11.4. The minimum absolute atomic E-state index is 0.0598. The quantitative estimate of drug-likeness (QED) is 0.316. The fourth-order valence-corrected chi connectivity index (χ4v) is 2.31. The Morgan fingerprint density at radius 3 is 2.95 bits per heavy atom. The maximum Gasteiger partial charge on any atom is 0.173 e. The van der Waals surface area contributed by atoms with E-state index in [0.29, 0.717) is 17.4 Å². The van der Waals surface area contributed by atoms with E-state index in [9.17, 15) is 0 Å². The van der Waals surface area contributed by atoms with Crippen LogP contribution in [-0.2, 0) is 6.54 Å². The lowest BCUT2D eigenvalue weighted by Gasteiger charge is -2.10. The zero-order chi connectivity index (χ0) is 13.8. The molecule has 0 saturated heterocycles. The van der Waals surface area contributed by atoms with Gasteiger partial charge in [0.25, 0.3) is 0 Å². The number of benzene rings is 1. The largest absolute Gasteiger partial charge is 0.496 e. The second kappa shape index (κ2) is 5.93. The van der Waals surface area contributed by atoms with Crippen LogP contribution >= 0.6 is 0 Å². The Balaban J connectivity index is 2.02. The first kappa shape index (κ1) is 13.7. The molecule has 2 unspecified atom stereocenters. The molecule has 0 bridgehead atoms. The number of oxime groups is 1. The van der Waals surface area contributed by atoms with Gasteiger partial charge < -0.3 is 21.0 Å². The summed E-state index contributed by atoms with van der Waals surface area (Å²) in [6.45, 7) is 3.04. The summed E-state index contributed by atoms with van der Waals surface area (Å²) in [4.78, 5) is 0. The number of hydrogen-bond donors (Lipinski definition) is 3. The number of methoxy groups -OCH3 is 1. The standard InChI is InChI=1S/C14H21N3O2/c1-3-10-7-12(10)16-8-9-4-5-11(14(15)17-18)13(6-9)19-2/h4-6,10,12,16,18H,3,7-8H2,1-2H3,(H2,15,17). The first-order valence-electron chi connectivity index (χ1n) is 6.57. The lowest BCUT2D eigenvalue weighted by Crippen LogP contribution is -2.18. The van der Waals surface area contributed by atoms with Gasteiger partial charge >= 0.3 is 0 Å². The molecule has 19 heavy (non-hydrogen) atoms. The summed E-state index contributed by atoms with van der Waals surface area (Å²) in [7, 11) is 1.58. The van der Waals surface area contributed by atoms with Gasteiger partial charge in [-0.05, 0) is 30.0 Å². The predicted octanol–water partition coefficient (Wildman–Crippen LogP) is 1.68. The van der Waals surface area contributed by atoms with Crippen LogP contribution in [0.1, 0.15) is 30.9 Å². The van der Waals surface area contributed by atoms with E-state index < -0.39 is 0 Å². The number of hydrogen-bond acceptors (Lipinski definition) is 4. The molecule has 0 spiro atoms. The number of nitrogens with two attached hydrogens (primary N) is 1. The molecule has 0 heterocycles. The normalized spacial score (nSPS) is 22.3. The monoisotopic (exact) mass is 263 g/mol. The molecule has 2 rings (SSSR count). The second-order valence-electron chi connectivity index (χ2n) is 4.91. The summed E-state index contributed by atoms with van der Waals surface area (Å²) in [5.74, 6) is 1.51. The predicted molar refractivity (Wildman–Crippen MR) is 74.5 cm³/mol. The van der Waals surface area contributed by atoms with Crippen LogP contribution in [0.2, 0.25) is 0 Å². The molecule has 104 valence electrons. The molecule has 5 heteroatoms. The highest BCUT2D eigenvalue weighted by Crippen LogP contribution is 2.33. The van der Waals surface area contributed by atoms with Crippen molar-refractivity contribution in [3.8, 4) is 5.75 Å². The Bertz CT molecular complexity index is 474. The fourth-order valence-electron chi connectivity index (χ4n) is 2.31.